The summed E-state index contributed by atoms with van der Waals surface area (Å²) >= 11 is 0. The van der Waals surface area contributed by atoms with E-state index >= 15 is 0 Å². The number of benzene rings is 2. The SMILES string of the molecule is COc1ccc(C2=CC(=C3C(=O)Nc4cc(F)ccc43)OC2)cc1. The van der Waals surface area contributed by atoms with Gasteiger partial charge in [0, 0.05) is 11.1 Å². The molecule has 2 heterocycles. The van der Waals surface area contributed by atoms with Crippen LogP contribution in [0.25, 0.3) is 11.1 Å². The molecule has 4 nitrogen and oxygen atoms in total. The van der Waals surface area contributed by atoms with Crippen LogP contribution in [0, 0.1) is 5.82 Å². The van der Waals surface area contributed by atoms with Gasteiger partial charge in [0.05, 0.1) is 18.4 Å². The number of amides is 1. The second-order valence-corrected chi connectivity index (χ2v) is 5.57. The zero-order valence-electron chi connectivity index (χ0n) is 12.9. The van der Waals surface area contributed by atoms with Crippen LogP contribution in [-0.4, -0.2) is 19.6 Å². The fourth-order valence-electron chi connectivity index (χ4n) is 2.90. The van der Waals surface area contributed by atoms with E-state index in [0.29, 0.717) is 29.2 Å². The van der Waals surface area contributed by atoms with Crippen molar-refractivity contribution >= 4 is 22.7 Å². The molecule has 0 bridgehead atoms. The number of methoxy groups -OCH3 is 1. The molecular formula is C19H14FNO3. The fourth-order valence-corrected chi connectivity index (χ4v) is 2.90. The lowest BCUT2D eigenvalue weighted by Gasteiger charge is -2.03. The van der Waals surface area contributed by atoms with Gasteiger partial charge in [-0.25, -0.2) is 4.39 Å². The van der Waals surface area contributed by atoms with E-state index in [1.54, 1.807) is 13.2 Å². The molecule has 1 amide bonds. The summed E-state index contributed by atoms with van der Waals surface area (Å²) in [6, 6.07) is 11.9. The molecule has 0 spiro atoms. The molecule has 0 aromatic heterocycles. The molecular weight excluding hydrogens is 309 g/mol. The van der Waals surface area contributed by atoms with Gasteiger partial charge in [0.2, 0.25) is 0 Å². The van der Waals surface area contributed by atoms with Gasteiger partial charge >= 0.3 is 0 Å². The Morgan fingerprint density at radius 1 is 1.17 bits per heavy atom. The van der Waals surface area contributed by atoms with Gasteiger partial charge in [-0.15, -0.1) is 0 Å². The van der Waals surface area contributed by atoms with E-state index in [0.717, 1.165) is 16.9 Å². The minimum atomic E-state index is -0.387. The van der Waals surface area contributed by atoms with Gasteiger partial charge < -0.3 is 14.8 Å². The van der Waals surface area contributed by atoms with Crippen LogP contribution in [0.5, 0.6) is 5.75 Å². The average Bonchev–Trinajstić information content (AvgIpc) is 3.18. The van der Waals surface area contributed by atoms with Crippen LogP contribution in [0.3, 0.4) is 0 Å². The molecule has 2 aromatic rings. The van der Waals surface area contributed by atoms with Gasteiger partial charge in [0.15, 0.2) is 0 Å². The van der Waals surface area contributed by atoms with Gasteiger partial charge in [0.1, 0.15) is 23.9 Å². The van der Waals surface area contributed by atoms with Crippen molar-refractivity contribution in [1.29, 1.82) is 0 Å². The number of hydrogen-bond acceptors (Lipinski definition) is 3. The highest BCUT2D eigenvalue weighted by molar-refractivity contribution is 6.32. The molecule has 5 heteroatoms. The van der Waals surface area contributed by atoms with E-state index in [1.807, 2.05) is 30.3 Å². The van der Waals surface area contributed by atoms with Gasteiger partial charge in [-0.05, 0) is 42.0 Å². The van der Waals surface area contributed by atoms with Crippen LogP contribution in [-0.2, 0) is 9.53 Å². The van der Waals surface area contributed by atoms with Crippen LogP contribution in [0.15, 0.2) is 54.3 Å². The fraction of sp³-hybridized carbons (Fsp3) is 0.105. The topological polar surface area (TPSA) is 47.6 Å². The smallest absolute Gasteiger partial charge is 0.260 e. The molecule has 0 atom stereocenters. The summed E-state index contributed by atoms with van der Waals surface area (Å²) in [7, 11) is 1.62. The molecule has 0 saturated carbocycles. The Labute approximate surface area is 138 Å². The molecule has 120 valence electrons. The van der Waals surface area contributed by atoms with Crippen molar-refractivity contribution in [3.8, 4) is 5.75 Å². The molecule has 0 radical (unpaired) electrons. The van der Waals surface area contributed by atoms with Crippen molar-refractivity contribution in [1.82, 2.24) is 0 Å². The standard InChI is InChI=1S/C19H14FNO3/c1-23-14-5-2-11(3-6-14)12-8-17(24-10-12)18-15-7-4-13(20)9-16(15)21-19(18)22/h2-9H,10H2,1H3,(H,21,22). The summed E-state index contributed by atoms with van der Waals surface area (Å²) in [5.41, 5.74) is 3.54. The summed E-state index contributed by atoms with van der Waals surface area (Å²) in [5, 5.41) is 2.67. The van der Waals surface area contributed by atoms with Crippen LogP contribution < -0.4 is 10.1 Å². The lowest BCUT2D eigenvalue weighted by atomic mass is 10.0. The third-order valence-corrected chi connectivity index (χ3v) is 4.12. The monoisotopic (exact) mass is 323 g/mol. The largest absolute Gasteiger partial charge is 0.497 e. The molecule has 2 aromatic carbocycles. The number of halogens is 1. The summed E-state index contributed by atoms with van der Waals surface area (Å²) in [6.45, 7) is 0.384. The Bertz CT molecular complexity index is 897. The molecule has 0 saturated heterocycles. The van der Waals surface area contributed by atoms with Crippen LogP contribution in [0.2, 0.25) is 0 Å². The highest BCUT2D eigenvalue weighted by atomic mass is 19.1. The summed E-state index contributed by atoms with van der Waals surface area (Å²) in [4.78, 5) is 12.2. The first kappa shape index (κ1) is 14.5. The lowest BCUT2D eigenvalue weighted by molar-refractivity contribution is -0.110. The lowest BCUT2D eigenvalue weighted by Crippen LogP contribution is -2.05. The van der Waals surface area contributed by atoms with Crippen molar-refractivity contribution in [2.75, 3.05) is 19.0 Å². The van der Waals surface area contributed by atoms with E-state index in [2.05, 4.69) is 5.32 Å². The highest BCUT2D eigenvalue weighted by Crippen LogP contribution is 2.38. The van der Waals surface area contributed by atoms with Gasteiger partial charge in [0.25, 0.3) is 5.91 Å². The van der Waals surface area contributed by atoms with Crippen LogP contribution in [0.4, 0.5) is 10.1 Å². The Morgan fingerprint density at radius 2 is 1.96 bits per heavy atom. The van der Waals surface area contributed by atoms with Crippen molar-refractivity contribution in [3.63, 3.8) is 0 Å². The minimum Gasteiger partial charge on any atom is -0.497 e. The third-order valence-electron chi connectivity index (χ3n) is 4.12. The third kappa shape index (κ3) is 2.34. The molecule has 2 aliphatic heterocycles. The van der Waals surface area contributed by atoms with Crippen molar-refractivity contribution in [2.45, 2.75) is 0 Å². The van der Waals surface area contributed by atoms with E-state index in [9.17, 15) is 9.18 Å². The number of ether oxygens (including phenoxy) is 2. The Balaban J connectivity index is 1.74. The van der Waals surface area contributed by atoms with E-state index in [-0.39, 0.29) is 11.7 Å². The maximum Gasteiger partial charge on any atom is 0.260 e. The normalized spacial score (nSPS) is 18.8. The number of anilines is 1. The molecule has 1 N–H and O–H groups in total. The predicted molar refractivity (Wildman–Crippen MR) is 88.9 cm³/mol. The molecule has 24 heavy (non-hydrogen) atoms. The molecule has 0 aliphatic carbocycles. The van der Waals surface area contributed by atoms with Crippen LogP contribution >= 0.6 is 0 Å². The number of carbonyl (C=O) groups is 1. The van der Waals surface area contributed by atoms with Crippen molar-refractivity contribution in [2.24, 2.45) is 0 Å². The average molecular weight is 323 g/mol. The minimum absolute atomic E-state index is 0.280. The first-order valence-electron chi connectivity index (χ1n) is 7.49. The number of nitrogens with one attached hydrogen (secondary N) is 1. The number of hydrogen-bond donors (Lipinski definition) is 1. The second kappa shape index (κ2) is 5.53. The molecule has 2 aliphatic rings. The number of rotatable bonds is 2. The van der Waals surface area contributed by atoms with Crippen molar-refractivity contribution < 1.29 is 18.7 Å². The Morgan fingerprint density at radius 3 is 2.71 bits per heavy atom. The predicted octanol–water partition coefficient (Wildman–Crippen LogP) is 3.61. The van der Waals surface area contributed by atoms with Crippen molar-refractivity contribution in [3.05, 3.63) is 71.2 Å². The first-order chi connectivity index (χ1) is 11.7. The summed E-state index contributed by atoms with van der Waals surface area (Å²) in [5.74, 6) is 0.617. The van der Waals surface area contributed by atoms with Gasteiger partial charge in [-0.2, -0.15) is 0 Å². The first-order valence-corrected chi connectivity index (χ1v) is 7.49. The van der Waals surface area contributed by atoms with E-state index < -0.39 is 0 Å². The second-order valence-electron chi connectivity index (χ2n) is 5.57. The number of carbonyl (C=O) groups excluding carboxylic acids is 1. The zero-order valence-corrected chi connectivity index (χ0v) is 12.9. The van der Waals surface area contributed by atoms with E-state index in [1.165, 1.54) is 12.1 Å². The van der Waals surface area contributed by atoms with Gasteiger partial charge in [-0.1, -0.05) is 12.1 Å². The maximum atomic E-state index is 13.3. The molecule has 4 rings (SSSR count). The highest BCUT2D eigenvalue weighted by Gasteiger charge is 2.30. The Kier molecular flexibility index (Phi) is 3.34. The van der Waals surface area contributed by atoms with E-state index in [4.69, 9.17) is 9.47 Å². The summed E-state index contributed by atoms with van der Waals surface area (Å²) in [6.07, 6.45) is 1.86. The zero-order chi connectivity index (χ0) is 16.7. The van der Waals surface area contributed by atoms with Gasteiger partial charge in [-0.3, -0.25) is 4.79 Å². The molecule has 0 fully saturated rings. The number of allylic oxidation sites excluding steroid dienone is 1. The number of fused-ring (bicyclic) bond motifs is 1. The van der Waals surface area contributed by atoms with Crippen LogP contribution in [0.1, 0.15) is 11.1 Å². The quantitative estimate of drug-likeness (QED) is 0.859. The summed E-state index contributed by atoms with van der Waals surface area (Å²) < 4.78 is 24.2. The maximum absolute atomic E-state index is 13.3. The molecule has 0 unspecified atom stereocenters. The Hall–Kier alpha value is -3.08.